The van der Waals surface area contributed by atoms with Gasteiger partial charge in [-0.05, 0) is 25.1 Å². The van der Waals surface area contributed by atoms with E-state index in [4.69, 9.17) is 22.1 Å². The summed E-state index contributed by atoms with van der Waals surface area (Å²) in [6.45, 7) is 4.41. The van der Waals surface area contributed by atoms with Gasteiger partial charge < -0.3 is 25.6 Å². The molecule has 3 N–H and O–H groups in total. The normalized spacial score (nSPS) is 24.2. The summed E-state index contributed by atoms with van der Waals surface area (Å²) in [6, 6.07) is 3.27. The van der Waals surface area contributed by atoms with Crippen LogP contribution in [0, 0.1) is 5.82 Å². The van der Waals surface area contributed by atoms with Gasteiger partial charge in [-0.2, -0.15) is 0 Å². The SMILES string of the molecule is CC1CN=C(C(=CN)N2CC3COCCN3C2=O)CN1C(=O)Nc1ccc(F)c(Cl)c1. The largest absolute Gasteiger partial charge is 0.403 e. The van der Waals surface area contributed by atoms with Crippen LogP contribution in [0.1, 0.15) is 6.92 Å². The summed E-state index contributed by atoms with van der Waals surface area (Å²) >= 11 is 5.80. The third-order valence-electron chi connectivity index (χ3n) is 5.67. The molecule has 31 heavy (non-hydrogen) atoms. The molecule has 0 bridgehead atoms. The summed E-state index contributed by atoms with van der Waals surface area (Å²) in [5.41, 5.74) is 7.32. The lowest BCUT2D eigenvalue weighted by Crippen LogP contribution is -2.50. The number of aliphatic imine (C=N–C) groups is 1. The van der Waals surface area contributed by atoms with Crippen LogP contribution in [0.25, 0.3) is 0 Å². The molecule has 3 aliphatic rings. The number of rotatable bonds is 3. The summed E-state index contributed by atoms with van der Waals surface area (Å²) in [6.07, 6.45) is 1.36. The number of hydrogen-bond acceptors (Lipinski definition) is 5. The monoisotopic (exact) mass is 450 g/mol. The number of carbonyl (C=O) groups is 2. The number of amides is 4. The number of hydrogen-bond donors (Lipinski definition) is 2. The first-order valence-corrected chi connectivity index (χ1v) is 10.4. The second-order valence-corrected chi connectivity index (χ2v) is 8.10. The highest BCUT2D eigenvalue weighted by molar-refractivity contribution is 6.31. The topological polar surface area (TPSA) is 104 Å². The first-order valence-electron chi connectivity index (χ1n) is 10.0. The molecule has 1 aromatic carbocycles. The number of nitrogens with one attached hydrogen (secondary N) is 1. The standard InChI is InChI=1S/C20H24ClFN6O3/c1-12-8-24-17(10-27(12)19(29)25-13-2-3-16(22)15(21)6-13)18(7-23)28-9-14-11-31-5-4-26(14)20(28)30/h2-3,6-7,12,14H,4-5,8-11,23H2,1H3,(H,25,29). The molecular formula is C20H24ClFN6O3. The number of nitrogens with two attached hydrogens (primary N) is 1. The van der Waals surface area contributed by atoms with Crippen molar-refractivity contribution in [2.75, 3.05) is 44.7 Å². The Hall–Kier alpha value is -2.85. The van der Waals surface area contributed by atoms with Crippen molar-refractivity contribution in [3.63, 3.8) is 0 Å². The molecule has 9 nitrogen and oxygen atoms in total. The van der Waals surface area contributed by atoms with Crippen LogP contribution in [0.3, 0.4) is 0 Å². The maximum Gasteiger partial charge on any atom is 0.325 e. The highest BCUT2D eigenvalue weighted by Gasteiger charge is 2.42. The summed E-state index contributed by atoms with van der Waals surface area (Å²) < 4.78 is 18.9. The van der Waals surface area contributed by atoms with Crippen LogP contribution in [0.15, 0.2) is 35.1 Å². The van der Waals surface area contributed by atoms with E-state index in [-0.39, 0.29) is 35.7 Å². The molecular weight excluding hydrogens is 427 g/mol. The Morgan fingerprint density at radius 2 is 2.26 bits per heavy atom. The Morgan fingerprint density at radius 3 is 2.97 bits per heavy atom. The number of fused-ring (bicyclic) bond motifs is 1. The zero-order valence-electron chi connectivity index (χ0n) is 17.1. The van der Waals surface area contributed by atoms with E-state index in [1.807, 2.05) is 6.92 Å². The van der Waals surface area contributed by atoms with Crippen LogP contribution in [0.4, 0.5) is 19.7 Å². The number of halogens is 2. The Balaban J connectivity index is 1.48. The third-order valence-corrected chi connectivity index (χ3v) is 5.96. The Morgan fingerprint density at radius 1 is 1.45 bits per heavy atom. The lowest BCUT2D eigenvalue weighted by atomic mass is 10.1. The Labute approximate surface area is 184 Å². The Bertz CT molecular complexity index is 955. The van der Waals surface area contributed by atoms with E-state index in [1.54, 1.807) is 14.7 Å². The van der Waals surface area contributed by atoms with Crippen molar-refractivity contribution in [1.82, 2.24) is 14.7 Å². The van der Waals surface area contributed by atoms with Gasteiger partial charge in [0.25, 0.3) is 0 Å². The second kappa shape index (κ2) is 8.72. The minimum atomic E-state index is -0.560. The van der Waals surface area contributed by atoms with Gasteiger partial charge in [0.05, 0.1) is 61.4 Å². The van der Waals surface area contributed by atoms with E-state index in [0.717, 1.165) is 0 Å². The molecule has 2 fully saturated rings. The van der Waals surface area contributed by atoms with Crippen molar-refractivity contribution < 1.29 is 18.7 Å². The predicted octanol–water partition coefficient (Wildman–Crippen LogP) is 2.09. The average molecular weight is 451 g/mol. The molecule has 2 atom stereocenters. The summed E-state index contributed by atoms with van der Waals surface area (Å²) in [5.74, 6) is -0.560. The maximum atomic E-state index is 13.4. The van der Waals surface area contributed by atoms with Gasteiger partial charge in [-0.25, -0.2) is 14.0 Å². The van der Waals surface area contributed by atoms with E-state index in [9.17, 15) is 14.0 Å². The molecule has 4 amide bonds. The maximum absolute atomic E-state index is 13.4. The van der Waals surface area contributed by atoms with Crippen LogP contribution in [-0.4, -0.2) is 84.0 Å². The van der Waals surface area contributed by atoms with Crippen molar-refractivity contribution >= 4 is 35.1 Å². The summed E-state index contributed by atoms with van der Waals surface area (Å²) in [4.78, 5) is 35.3. The quantitative estimate of drug-likeness (QED) is 0.735. The number of carbonyl (C=O) groups excluding carboxylic acids is 2. The summed E-state index contributed by atoms with van der Waals surface area (Å²) in [5, 5.41) is 2.66. The molecule has 2 saturated heterocycles. The van der Waals surface area contributed by atoms with Crippen LogP contribution in [0.2, 0.25) is 5.02 Å². The lowest BCUT2D eigenvalue weighted by Gasteiger charge is -2.34. The molecule has 166 valence electrons. The smallest absolute Gasteiger partial charge is 0.325 e. The van der Waals surface area contributed by atoms with Gasteiger partial charge in [-0.1, -0.05) is 11.6 Å². The first kappa shape index (κ1) is 21.4. The van der Waals surface area contributed by atoms with Gasteiger partial charge in [-0.15, -0.1) is 0 Å². The van der Waals surface area contributed by atoms with E-state index < -0.39 is 5.82 Å². The van der Waals surface area contributed by atoms with Gasteiger partial charge >= 0.3 is 12.1 Å². The molecule has 4 rings (SSSR count). The fourth-order valence-corrected chi connectivity index (χ4v) is 4.14. The zero-order chi connectivity index (χ0) is 22.1. The van der Waals surface area contributed by atoms with Crippen LogP contribution < -0.4 is 11.1 Å². The number of nitrogens with zero attached hydrogens (tertiary/aromatic N) is 4. The van der Waals surface area contributed by atoms with Crippen LogP contribution in [0.5, 0.6) is 0 Å². The minimum Gasteiger partial charge on any atom is -0.403 e. The van der Waals surface area contributed by atoms with E-state index in [0.29, 0.717) is 49.9 Å². The fourth-order valence-electron chi connectivity index (χ4n) is 3.96. The molecule has 1 aromatic rings. The third kappa shape index (κ3) is 4.17. The van der Waals surface area contributed by atoms with Crippen molar-refractivity contribution in [1.29, 1.82) is 0 Å². The lowest BCUT2D eigenvalue weighted by molar-refractivity contribution is 0.0299. The number of ether oxygens (including phenoxy) is 1. The van der Waals surface area contributed by atoms with Gasteiger partial charge in [-0.3, -0.25) is 9.89 Å². The van der Waals surface area contributed by atoms with Crippen molar-refractivity contribution in [2.24, 2.45) is 10.7 Å². The second-order valence-electron chi connectivity index (χ2n) is 7.69. The van der Waals surface area contributed by atoms with E-state index in [1.165, 1.54) is 24.4 Å². The van der Waals surface area contributed by atoms with Gasteiger partial charge in [0.2, 0.25) is 0 Å². The molecule has 0 saturated carbocycles. The highest BCUT2D eigenvalue weighted by Crippen LogP contribution is 2.25. The number of benzene rings is 1. The molecule has 3 aliphatic heterocycles. The summed E-state index contributed by atoms with van der Waals surface area (Å²) in [7, 11) is 0. The minimum absolute atomic E-state index is 0.0260. The number of morpholine rings is 1. The van der Waals surface area contributed by atoms with Gasteiger partial charge in [0.15, 0.2) is 0 Å². The predicted molar refractivity (Wildman–Crippen MR) is 115 cm³/mol. The zero-order valence-corrected chi connectivity index (χ0v) is 17.8. The van der Waals surface area contributed by atoms with Crippen molar-refractivity contribution in [2.45, 2.75) is 19.0 Å². The number of anilines is 1. The van der Waals surface area contributed by atoms with Gasteiger partial charge in [0, 0.05) is 18.4 Å². The van der Waals surface area contributed by atoms with Crippen LogP contribution >= 0.6 is 11.6 Å². The number of urea groups is 2. The van der Waals surface area contributed by atoms with E-state index >= 15 is 0 Å². The van der Waals surface area contributed by atoms with E-state index in [2.05, 4.69) is 10.3 Å². The fraction of sp³-hybridized carbons (Fsp3) is 0.450. The first-order chi connectivity index (χ1) is 14.9. The molecule has 0 aliphatic carbocycles. The van der Waals surface area contributed by atoms with Gasteiger partial charge in [0.1, 0.15) is 5.82 Å². The molecule has 0 spiro atoms. The van der Waals surface area contributed by atoms with Crippen molar-refractivity contribution in [3.8, 4) is 0 Å². The molecule has 0 aromatic heterocycles. The van der Waals surface area contributed by atoms with Crippen LogP contribution in [-0.2, 0) is 4.74 Å². The highest BCUT2D eigenvalue weighted by atomic mass is 35.5. The van der Waals surface area contributed by atoms with Crippen molar-refractivity contribution in [3.05, 3.63) is 40.9 Å². The molecule has 0 radical (unpaired) electrons. The molecule has 2 unspecified atom stereocenters. The molecule has 3 heterocycles. The Kier molecular flexibility index (Phi) is 6.01. The average Bonchev–Trinajstić information content (AvgIpc) is 3.09. The molecule has 11 heteroatoms.